The molecule has 4 rings (SSSR count). The topological polar surface area (TPSA) is 50.2 Å². The Morgan fingerprint density at radius 2 is 1.74 bits per heavy atom. The third kappa shape index (κ3) is 3.74. The van der Waals surface area contributed by atoms with Crippen molar-refractivity contribution in [1.82, 2.24) is 19.8 Å². The lowest BCUT2D eigenvalue weighted by Gasteiger charge is -2.28. The van der Waals surface area contributed by atoms with Crippen molar-refractivity contribution < 1.29 is 4.79 Å². The maximum absolute atomic E-state index is 12.7. The van der Waals surface area contributed by atoms with Gasteiger partial charge >= 0.3 is 0 Å². The number of aryl methyl sites for hydroxylation is 1. The number of amides is 1. The summed E-state index contributed by atoms with van der Waals surface area (Å²) in [7, 11) is 2.04. The van der Waals surface area contributed by atoms with E-state index in [1.165, 1.54) is 6.42 Å². The molecule has 1 amide bonds. The lowest BCUT2D eigenvalue weighted by Crippen LogP contribution is -2.42. The predicted molar refractivity (Wildman–Crippen MR) is 107 cm³/mol. The molecule has 1 aliphatic heterocycles. The monoisotopic (exact) mass is 362 g/mol. The second-order valence-corrected chi connectivity index (χ2v) is 7.18. The average Bonchev–Trinajstić information content (AvgIpc) is 3.06. The van der Waals surface area contributed by atoms with Crippen LogP contribution in [0.2, 0.25) is 0 Å². The first-order valence-electron chi connectivity index (χ1n) is 9.71. The van der Waals surface area contributed by atoms with Crippen molar-refractivity contribution in [3.05, 3.63) is 66.0 Å². The van der Waals surface area contributed by atoms with Crippen LogP contribution in [0.5, 0.6) is 0 Å². The molecule has 1 fully saturated rings. The van der Waals surface area contributed by atoms with Crippen LogP contribution in [0.1, 0.15) is 36.7 Å². The largest absolute Gasteiger partial charge is 0.342 e. The van der Waals surface area contributed by atoms with Gasteiger partial charge in [-0.2, -0.15) is 0 Å². The van der Waals surface area contributed by atoms with Crippen LogP contribution in [0.25, 0.3) is 11.0 Å². The van der Waals surface area contributed by atoms with Crippen molar-refractivity contribution in [2.75, 3.05) is 19.6 Å². The first-order valence-corrected chi connectivity index (χ1v) is 9.71. The van der Waals surface area contributed by atoms with Gasteiger partial charge in [-0.1, -0.05) is 42.5 Å². The summed E-state index contributed by atoms with van der Waals surface area (Å²) in [6, 6.07) is 18.2. The summed E-state index contributed by atoms with van der Waals surface area (Å²) in [5.41, 5.74) is 3.18. The molecule has 0 radical (unpaired) electrons. The molecular weight excluding hydrogens is 336 g/mol. The maximum Gasteiger partial charge on any atom is 0.236 e. The Labute approximate surface area is 160 Å². The second-order valence-electron chi connectivity index (χ2n) is 7.18. The molecule has 0 bridgehead atoms. The van der Waals surface area contributed by atoms with E-state index in [-0.39, 0.29) is 11.9 Å². The molecule has 1 saturated heterocycles. The predicted octanol–water partition coefficient (Wildman–Crippen LogP) is 3.26. The fourth-order valence-electron chi connectivity index (χ4n) is 3.87. The standard InChI is InChI=1S/C22H26N4O/c1-25-19-13-7-6-12-18(19)24-22(25)21(17-10-4-2-5-11-17)23-16-20(27)26-14-8-3-9-15-26/h2,4-7,10-13,21,23H,3,8-9,14-16H2,1H3. The van der Waals surface area contributed by atoms with Crippen molar-refractivity contribution in [2.24, 2.45) is 7.05 Å². The molecule has 1 aromatic heterocycles. The van der Waals surface area contributed by atoms with Crippen LogP contribution < -0.4 is 5.32 Å². The van der Waals surface area contributed by atoms with Crippen molar-refractivity contribution in [3.8, 4) is 0 Å². The molecule has 0 spiro atoms. The van der Waals surface area contributed by atoms with E-state index in [0.29, 0.717) is 6.54 Å². The first kappa shape index (κ1) is 17.7. The average molecular weight is 362 g/mol. The zero-order chi connectivity index (χ0) is 18.6. The Bertz CT molecular complexity index is 912. The van der Waals surface area contributed by atoms with E-state index in [4.69, 9.17) is 4.98 Å². The number of rotatable bonds is 5. The molecule has 27 heavy (non-hydrogen) atoms. The molecule has 2 aromatic carbocycles. The Morgan fingerprint density at radius 1 is 1.04 bits per heavy atom. The normalized spacial score (nSPS) is 15.8. The van der Waals surface area contributed by atoms with Crippen molar-refractivity contribution in [3.63, 3.8) is 0 Å². The minimum atomic E-state index is -0.127. The number of benzene rings is 2. The van der Waals surface area contributed by atoms with E-state index in [0.717, 1.165) is 48.4 Å². The van der Waals surface area contributed by atoms with Gasteiger partial charge in [-0.3, -0.25) is 10.1 Å². The summed E-state index contributed by atoms with van der Waals surface area (Å²) < 4.78 is 2.12. The number of nitrogens with one attached hydrogen (secondary N) is 1. The minimum absolute atomic E-state index is 0.127. The molecule has 0 saturated carbocycles. The summed E-state index contributed by atoms with van der Waals surface area (Å²) in [5.74, 6) is 1.10. The van der Waals surface area contributed by atoms with Crippen LogP contribution in [-0.4, -0.2) is 40.0 Å². The fourth-order valence-corrected chi connectivity index (χ4v) is 3.87. The number of carbonyl (C=O) groups excluding carboxylic acids is 1. The van der Waals surface area contributed by atoms with E-state index in [9.17, 15) is 4.79 Å². The molecule has 1 atom stereocenters. The lowest BCUT2D eigenvalue weighted by molar-refractivity contribution is -0.131. The van der Waals surface area contributed by atoms with Crippen molar-refractivity contribution >= 4 is 16.9 Å². The highest BCUT2D eigenvalue weighted by Gasteiger charge is 2.23. The summed E-state index contributed by atoms with van der Waals surface area (Å²) >= 11 is 0. The van der Waals surface area contributed by atoms with Gasteiger partial charge in [0.05, 0.1) is 23.6 Å². The Balaban J connectivity index is 1.61. The maximum atomic E-state index is 12.7. The van der Waals surface area contributed by atoms with Crippen LogP contribution >= 0.6 is 0 Å². The molecule has 0 aliphatic carbocycles. The summed E-state index contributed by atoms with van der Waals surface area (Å²) in [4.78, 5) is 19.5. The highest BCUT2D eigenvalue weighted by Crippen LogP contribution is 2.25. The molecule has 1 unspecified atom stereocenters. The van der Waals surface area contributed by atoms with Gasteiger partial charge < -0.3 is 9.47 Å². The number of hydrogen-bond acceptors (Lipinski definition) is 3. The zero-order valence-electron chi connectivity index (χ0n) is 15.8. The minimum Gasteiger partial charge on any atom is -0.342 e. The molecule has 1 N–H and O–H groups in total. The number of carbonyl (C=O) groups is 1. The molecule has 1 aliphatic rings. The van der Waals surface area contributed by atoms with Crippen LogP contribution in [0.3, 0.4) is 0 Å². The van der Waals surface area contributed by atoms with E-state index in [2.05, 4.69) is 28.1 Å². The van der Waals surface area contributed by atoms with Crippen LogP contribution in [0.4, 0.5) is 0 Å². The van der Waals surface area contributed by atoms with Gasteiger partial charge in [0.1, 0.15) is 5.82 Å². The van der Waals surface area contributed by atoms with Crippen LogP contribution in [0, 0.1) is 0 Å². The fraction of sp³-hybridized carbons (Fsp3) is 0.364. The number of hydrogen-bond donors (Lipinski definition) is 1. The molecule has 2 heterocycles. The first-order chi connectivity index (χ1) is 13.2. The number of piperidine rings is 1. The van der Waals surface area contributed by atoms with Gasteiger partial charge in [-0.05, 0) is 37.0 Å². The molecule has 140 valence electrons. The smallest absolute Gasteiger partial charge is 0.236 e. The highest BCUT2D eigenvalue weighted by molar-refractivity contribution is 5.78. The SMILES string of the molecule is Cn1c(C(NCC(=O)N2CCCCC2)c2ccccc2)nc2ccccc21. The summed E-state index contributed by atoms with van der Waals surface area (Å²) in [6.45, 7) is 2.08. The third-order valence-corrected chi connectivity index (χ3v) is 5.38. The van der Waals surface area contributed by atoms with Gasteiger partial charge in [-0.15, -0.1) is 0 Å². The van der Waals surface area contributed by atoms with E-state index in [1.807, 2.05) is 48.3 Å². The third-order valence-electron chi connectivity index (χ3n) is 5.38. The lowest BCUT2D eigenvalue weighted by atomic mass is 10.1. The van der Waals surface area contributed by atoms with E-state index in [1.54, 1.807) is 0 Å². The summed E-state index contributed by atoms with van der Waals surface area (Å²) in [5, 5.41) is 3.48. The number of imidazole rings is 1. The Kier molecular flexibility index (Phi) is 5.21. The number of para-hydroxylation sites is 2. The van der Waals surface area contributed by atoms with Gasteiger partial charge in [0.15, 0.2) is 0 Å². The second kappa shape index (κ2) is 7.92. The number of aromatic nitrogens is 2. The zero-order valence-corrected chi connectivity index (χ0v) is 15.8. The molecule has 5 nitrogen and oxygen atoms in total. The van der Waals surface area contributed by atoms with Crippen molar-refractivity contribution in [2.45, 2.75) is 25.3 Å². The highest BCUT2D eigenvalue weighted by atomic mass is 16.2. The number of likely N-dealkylation sites (tertiary alicyclic amines) is 1. The molecule has 3 aromatic rings. The van der Waals surface area contributed by atoms with Gasteiger partial charge in [0.25, 0.3) is 0 Å². The van der Waals surface area contributed by atoms with E-state index >= 15 is 0 Å². The molecule has 5 heteroatoms. The van der Waals surface area contributed by atoms with Gasteiger partial charge in [0, 0.05) is 20.1 Å². The summed E-state index contributed by atoms with van der Waals surface area (Å²) in [6.07, 6.45) is 3.45. The number of fused-ring (bicyclic) bond motifs is 1. The quantitative estimate of drug-likeness (QED) is 0.758. The number of nitrogens with zero attached hydrogens (tertiary/aromatic N) is 3. The van der Waals surface area contributed by atoms with Crippen molar-refractivity contribution in [1.29, 1.82) is 0 Å². The Hall–Kier alpha value is -2.66. The molecular formula is C22H26N4O. The van der Waals surface area contributed by atoms with Crippen LogP contribution in [0.15, 0.2) is 54.6 Å². The van der Waals surface area contributed by atoms with Gasteiger partial charge in [0.2, 0.25) is 5.91 Å². The van der Waals surface area contributed by atoms with Crippen LogP contribution in [-0.2, 0) is 11.8 Å². The van der Waals surface area contributed by atoms with Gasteiger partial charge in [-0.25, -0.2) is 4.98 Å². The van der Waals surface area contributed by atoms with E-state index < -0.39 is 0 Å². The Morgan fingerprint density at radius 3 is 2.48 bits per heavy atom.